The normalized spacial score (nSPS) is 17.2. The lowest BCUT2D eigenvalue weighted by Gasteiger charge is -2.33. The molecule has 3 rings (SSSR count). The molecule has 2 heterocycles. The van der Waals surface area contributed by atoms with Crippen LogP contribution in [0, 0.1) is 0 Å². The van der Waals surface area contributed by atoms with Crippen LogP contribution in [0.15, 0.2) is 42.6 Å². The molecular weight excluding hydrogens is 618 g/mol. The molecule has 49 heavy (non-hydrogen) atoms. The van der Waals surface area contributed by atoms with Gasteiger partial charge in [0.05, 0.1) is 6.60 Å². The number of carboxylic acids is 1. The van der Waals surface area contributed by atoms with Gasteiger partial charge in [-0.3, -0.25) is 15.0 Å². The smallest absolute Gasteiger partial charge is 0.409 e. The van der Waals surface area contributed by atoms with E-state index in [4.69, 9.17) is 48.2 Å². The molecule has 2 aliphatic heterocycles. The van der Waals surface area contributed by atoms with E-state index in [1.54, 1.807) is 45.0 Å². The fraction of sp³-hybridized carbons (Fsp3) is 0.500. The molecule has 242 valence electrons. The Balaban J connectivity index is 1.69. The summed E-state index contributed by atoms with van der Waals surface area (Å²) >= 11 is 0. The minimum absolute atomic E-state index is 0.0209. The van der Waals surface area contributed by atoms with E-state index >= 15 is 0 Å². The zero-order valence-electron chi connectivity index (χ0n) is 28.0. The first-order chi connectivity index (χ1) is 23.0. The monoisotopic (exact) mass is 655 g/mol. The molecule has 5 amide bonds. The van der Waals surface area contributed by atoms with Crippen molar-refractivity contribution in [1.29, 1.82) is 0 Å². The van der Waals surface area contributed by atoms with Gasteiger partial charge < -0.3 is 30.1 Å². The first kappa shape index (κ1) is 39.8. The lowest BCUT2D eigenvalue weighted by atomic mass is 8.57. The molecule has 1 fully saturated rings. The first-order valence-electron chi connectivity index (χ1n) is 16.0. The summed E-state index contributed by atoms with van der Waals surface area (Å²) in [6, 6.07) is 6.95. The van der Waals surface area contributed by atoms with Gasteiger partial charge in [0.2, 0.25) is 5.91 Å². The average Bonchev–Trinajstić information content (AvgIpc) is 3.76. The maximum Gasteiger partial charge on any atom is 0.409 e. The van der Waals surface area contributed by atoms with Gasteiger partial charge in [-0.2, -0.15) is 0 Å². The number of nitrogens with one attached hydrogen (secondary N) is 3. The van der Waals surface area contributed by atoms with Gasteiger partial charge in [-0.25, -0.2) is 19.2 Å². The van der Waals surface area contributed by atoms with Crippen molar-refractivity contribution in [3.05, 3.63) is 48.2 Å². The van der Waals surface area contributed by atoms with Gasteiger partial charge in [0.25, 0.3) is 0 Å². The number of amides is 5. The SMILES string of the molecule is [B]B([B])B([B])B(B([B])[B])B1CC1CC(C(=O)O)N(CCNC(=O)OC(C)(C)C)C(=O)CN1C=CC(NC(=O)OCc2ccccc2)NC1=O. The van der Waals surface area contributed by atoms with Gasteiger partial charge in [-0.05, 0) is 38.8 Å². The molecule has 13 nitrogen and oxygen atoms in total. The molecule has 4 N–H and O–H groups in total. The summed E-state index contributed by atoms with van der Waals surface area (Å²) in [7, 11) is 29.7. The predicted molar refractivity (Wildman–Crippen MR) is 196 cm³/mol. The Morgan fingerprint density at radius 2 is 1.78 bits per heavy atom. The van der Waals surface area contributed by atoms with E-state index < -0.39 is 80.0 Å². The van der Waals surface area contributed by atoms with Gasteiger partial charge in [0, 0.05) is 83.5 Å². The van der Waals surface area contributed by atoms with Crippen LogP contribution in [0.25, 0.3) is 0 Å². The summed E-state index contributed by atoms with van der Waals surface area (Å²) in [5, 5.41) is 17.8. The van der Waals surface area contributed by atoms with Gasteiger partial charge in [0.15, 0.2) is 0 Å². The Hall–Kier alpha value is -3.64. The number of benzene rings is 1. The molecule has 10 radical (unpaired) electrons. The molecule has 2 aliphatic rings. The van der Waals surface area contributed by atoms with E-state index in [1.807, 2.05) is 6.07 Å². The molecule has 3 atom stereocenters. The van der Waals surface area contributed by atoms with Crippen molar-refractivity contribution in [2.24, 2.45) is 0 Å². The van der Waals surface area contributed by atoms with Crippen LogP contribution in [-0.2, 0) is 25.7 Å². The van der Waals surface area contributed by atoms with Crippen molar-refractivity contribution >= 4 is 101 Å². The molecule has 0 saturated carbocycles. The number of nitrogens with zero attached hydrogens (tertiary/aromatic N) is 2. The number of carbonyl (C=O) groups excluding carboxylic acids is 4. The van der Waals surface area contributed by atoms with Crippen LogP contribution in [0.2, 0.25) is 12.1 Å². The predicted octanol–water partition coefficient (Wildman–Crippen LogP) is -1.53. The third-order valence-corrected chi connectivity index (χ3v) is 8.12. The highest BCUT2D eigenvalue weighted by atomic mass is 16.6. The number of carboxylic acid groups (broad SMARTS) is 1. The number of aliphatic carboxylic acids is 1. The number of alkyl carbamates (subject to hydrolysis) is 2. The summed E-state index contributed by atoms with van der Waals surface area (Å²) in [4.78, 5) is 65.8. The highest BCUT2D eigenvalue weighted by Crippen LogP contribution is 2.44. The summed E-state index contributed by atoms with van der Waals surface area (Å²) in [5.41, 5.74) is -0.00376. The lowest BCUT2D eigenvalue weighted by Crippen LogP contribution is -2.63. The minimum Gasteiger partial charge on any atom is -0.480 e. The Kier molecular flexibility index (Phi) is 14.5. The van der Waals surface area contributed by atoms with E-state index in [-0.39, 0.29) is 38.5 Å². The van der Waals surface area contributed by atoms with Gasteiger partial charge in [0.1, 0.15) is 31.0 Å². The van der Waals surface area contributed by atoms with E-state index in [9.17, 15) is 29.1 Å². The summed E-state index contributed by atoms with van der Waals surface area (Å²) in [6.07, 6.45) is -2.14. The Morgan fingerprint density at radius 1 is 1.10 bits per heavy atom. The third kappa shape index (κ3) is 12.6. The standard InChI is InChI=1S/C26H35B10N5O8/c1-26(2,3)49-24(46)37-10-12-41(19(22(43)44)13-18-14-32(18)36(34(29)30)35(31)33(27)28)21(42)15-40-11-9-20(38-23(40)45)39-25(47)48-16-17-7-5-4-6-8-17/h4-9,11,18-20H,10,12-16H2,1-3H3,(H,37,46)(H,38,45)(H,39,47)(H,43,44). The van der Waals surface area contributed by atoms with Gasteiger partial charge >= 0.3 is 24.2 Å². The number of carbonyl (C=O) groups is 5. The van der Waals surface area contributed by atoms with Crippen LogP contribution < -0.4 is 16.0 Å². The Morgan fingerprint density at radius 3 is 2.35 bits per heavy atom. The molecule has 0 bridgehead atoms. The largest absolute Gasteiger partial charge is 0.480 e. The van der Waals surface area contributed by atoms with Crippen LogP contribution in [0.5, 0.6) is 0 Å². The molecule has 0 spiro atoms. The fourth-order valence-electron chi connectivity index (χ4n) is 5.65. The maximum absolute atomic E-state index is 13.7. The number of rotatable bonds is 16. The van der Waals surface area contributed by atoms with Gasteiger partial charge in [-0.1, -0.05) is 42.5 Å². The minimum atomic E-state index is -1.34. The second kappa shape index (κ2) is 17.8. The zero-order valence-corrected chi connectivity index (χ0v) is 28.0. The number of hydrogen-bond donors (Lipinski definition) is 4. The fourth-order valence-corrected chi connectivity index (χ4v) is 5.65. The van der Waals surface area contributed by atoms with Crippen molar-refractivity contribution in [3.8, 4) is 0 Å². The van der Waals surface area contributed by atoms with Crippen molar-refractivity contribution in [1.82, 2.24) is 25.8 Å². The van der Waals surface area contributed by atoms with E-state index in [0.717, 1.165) is 15.4 Å². The second-order valence-corrected chi connectivity index (χ2v) is 13.2. The highest BCUT2D eigenvalue weighted by Gasteiger charge is 2.51. The van der Waals surface area contributed by atoms with Gasteiger partial charge in [-0.15, -0.1) is 0 Å². The van der Waals surface area contributed by atoms with Crippen LogP contribution in [0.1, 0.15) is 32.8 Å². The lowest BCUT2D eigenvalue weighted by molar-refractivity contribution is -0.150. The van der Waals surface area contributed by atoms with Crippen molar-refractivity contribution < 1.29 is 38.6 Å². The third-order valence-electron chi connectivity index (χ3n) is 8.12. The number of ether oxygens (including phenoxy) is 2. The zero-order chi connectivity index (χ0) is 36.5. The van der Waals surface area contributed by atoms with Crippen molar-refractivity contribution in [3.63, 3.8) is 0 Å². The van der Waals surface area contributed by atoms with Crippen LogP contribution in [0.4, 0.5) is 14.4 Å². The molecule has 1 aromatic rings. The van der Waals surface area contributed by atoms with Crippen molar-refractivity contribution in [2.75, 3.05) is 19.6 Å². The second-order valence-electron chi connectivity index (χ2n) is 13.2. The molecule has 23 heteroatoms. The molecule has 1 saturated heterocycles. The first-order valence-corrected chi connectivity index (χ1v) is 16.0. The van der Waals surface area contributed by atoms with Crippen molar-refractivity contribution in [2.45, 2.75) is 63.7 Å². The molecule has 1 aromatic carbocycles. The van der Waals surface area contributed by atoms with E-state index in [2.05, 4.69) is 16.0 Å². The molecule has 3 unspecified atom stereocenters. The van der Waals surface area contributed by atoms with Crippen LogP contribution in [-0.4, -0.2) is 153 Å². The summed E-state index contributed by atoms with van der Waals surface area (Å²) in [5.74, 6) is -2.22. The van der Waals surface area contributed by atoms with E-state index in [1.165, 1.54) is 12.3 Å². The molecular formula is C26H35B10N5O8. The molecule has 0 aromatic heterocycles. The number of urea groups is 1. The van der Waals surface area contributed by atoms with E-state index in [0.29, 0.717) is 6.32 Å². The summed E-state index contributed by atoms with van der Waals surface area (Å²) in [6.45, 7) is 4.01. The Bertz CT molecular complexity index is 1360. The van der Waals surface area contributed by atoms with Crippen LogP contribution in [0.3, 0.4) is 0 Å². The van der Waals surface area contributed by atoms with Crippen LogP contribution >= 0.6 is 0 Å². The summed E-state index contributed by atoms with van der Waals surface area (Å²) < 4.78 is 10.4. The maximum atomic E-state index is 13.7. The Labute approximate surface area is 296 Å². The average molecular weight is 654 g/mol. The highest BCUT2D eigenvalue weighted by molar-refractivity contribution is 8.01. The number of hydrogen-bond acceptors (Lipinski definition) is 7. The molecule has 0 aliphatic carbocycles. The topological polar surface area (TPSA) is 167 Å². The quantitative estimate of drug-likeness (QED) is 0.156.